The molecule has 1 aromatic rings. The number of aromatic nitrogens is 1. The summed E-state index contributed by atoms with van der Waals surface area (Å²) in [4.78, 5) is 3.09. The quantitative estimate of drug-likeness (QED) is 0.617. The Morgan fingerprint density at radius 3 is 2.89 bits per heavy atom. The molecule has 0 spiro atoms. The van der Waals surface area contributed by atoms with Gasteiger partial charge in [-0.1, -0.05) is 0 Å². The minimum atomic E-state index is 0.983. The van der Waals surface area contributed by atoms with Gasteiger partial charge in [0.05, 0.1) is 5.69 Å². The van der Waals surface area contributed by atoms with Crippen LogP contribution in [0.4, 0.5) is 5.69 Å². The number of hydrogen-bond acceptors (Lipinski definition) is 1. The second-order valence-corrected chi connectivity index (χ2v) is 2.10. The standard InChI is InChI=1S/C7H12N2/c1-3-8-7-4-6(2)9-5-7/h4-5,8-9H,3H2,1-2H3. The zero-order valence-corrected chi connectivity index (χ0v) is 5.86. The van der Waals surface area contributed by atoms with Gasteiger partial charge in [0.25, 0.3) is 0 Å². The summed E-state index contributed by atoms with van der Waals surface area (Å²) in [5.74, 6) is 0. The topological polar surface area (TPSA) is 27.8 Å². The second-order valence-electron chi connectivity index (χ2n) is 2.10. The van der Waals surface area contributed by atoms with Crippen LogP contribution in [0.5, 0.6) is 0 Å². The summed E-state index contributed by atoms with van der Waals surface area (Å²) < 4.78 is 0. The molecule has 0 saturated carbocycles. The highest BCUT2D eigenvalue weighted by molar-refractivity contribution is 5.42. The zero-order valence-electron chi connectivity index (χ0n) is 5.86. The van der Waals surface area contributed by atoms with Gasteiger partial charge in [-0.05, 0) is 19.9 Å². The summed E-state index contributed by atoms with van der Waals surface area (Å²) in [6.07, 6.45) is 1.97. The van der Waals surface area contributed by atoms with Crippen molar-refractivity contribution in [3.8, 4) is 0 Å². The molecule has 0 aliphatic rings. The second kappa shape index (κ2) is 2.58. The number of nitrogens with one attached hydrogen (secondary N) is 2. The summed E-state index contributed by atoms with van der Waals surface area (Å²) in [5.41, 5.74) is 2.38. The largest absolute Gasteiger partial charge is 0.384 e. The molecule has 0 bridgehead atoms. The molecular weight excluding hydrogens is 112 g/mol. The predicted molar refractivity (Wildman–Crippen MR) is 39.7 cm³/mol. The number of hydrogen-bond donors (Lipinski definition) is 2. The summed E-state index contributed by atoms with van der Waals surface area (Å²) in [6, 6.07) is 2.09. The van der Waals surface area contributed by atoms with E-state index in [1.54, 1.807) is 0 Å². The monoisotopic (exact) mass is 124 g/mol. The molecule has 0 unspecified atom stereocenters. The van der Waals surface area contributed by atoms with E-state index in [0.717, 1.165) is 6.54 Å². The van der Waals surface area contributed by atoms with E-state index in [1.165, 1.54) is 11.4 Å². The van der Waals surface area contributed by atoms with Crippen molar-refractivity contribution in [2.24, 2.45) is 0 Å². The normalized spacial score (nSPS) is 9.56. The highest BCUT2D eigenvalue weighted by atomic mass is 14.9. The van der Waals surface area contributed by atoms with Crippen molar-refractivity contribution in [3.63, 3.8) is 0 Å². The number of rotatable bonds is 2. The third-order valence-electron chi connectivity index (χ3n) is 1.21. The summed E-state index contributed by atoms with van der Waals surface area (Å²) in [7, 11) is 0. The van der Waals surface area contributed by atoms with Gasteiger partial charge >= 0.3 is 0 Å². The number of H-pyrrole nitrogens is 1. The lowest BCUT2D eigenvalue weighted by Crippen LogP contribution is -1.93. The van der Waals surface area contributed by atoms with Gasteiger partial charge in [-0.15, -0.1) is 0 Å². The molecule has 0 aromatic carbocycles. The number of aryl methyl sites for hydroxylation is 1. The van der Waals surface area contributed by atoms with Crippen LogP contribution in [0, 0.1) is 6.92 Å². The molecule has 0 amide bonds. The van der Waals surface area contributed by atoms with Crippen molar-refractivity contribution in [1.82, 2.24) is 4.98 Å². The van der Waals surface area contributed by atoms with E-state index in [0.29, 0.717) is 0 Å². The van der Waals surface area contributed by atoms with Crippen molar-refractivity contribution >= 4 is 5.69 Å². The lowest BCUT2D eigenvalue weighted by Gasteiger charge is -1.94. The van der Waals surface area contributed by atoms with Crippen LogP contribution in [0.2, 0.25) is 0 Å². The van der Waals surface area contributed by atoms with Crippen LogP contribution < -0.4 is 5.32 Å². The number of anilines is 1. The Hall–Kier alpha value is -0.920. The van der Waals surface area contributed by atoms with Crippen molar-refractivity contribution in [2.75, 3.05) is 11.9 Å². The minimum absolute atomic E-state index is 0.983. The van der Waals surface area contributed by atoms with Crippen LogP contribution in [-0.2, 0) is 0 Å². The van der Waals surface area contributed by atoms with Crippen molar-refractivity contribution in [3.05, 3.63) is 18.0 Å². The molecule has 50 valence electrons. The molecule has 2 N–H and O–H groups in total. The Kier molecular flexibility index (Phi) is 1.78. The summed E-state index contributed by atoms with van der Waals surface area (Å²) in [5, 5.41) is 3.20. The fraction of sp³-hybridized carbons (Fsp3) is 0.429. The third-order valence-corrected chi connectivity index (χ3v) is 1.21. The average molecular weight is 124 g/mol. The van der Waals surface area contributed by atoms with Crippen LogP contribution in [0.1, 0.15) is 12.6 Å². The lowest BCUT2D eigenvalue weighted by atomic mass is 10.4. The molecule has 0 aliphatic carbocycles. The Balaban J connectivity index is 2.61. The van der Waals surface area contributed by atoms with E-state index in [4.69, 9.17) is 0 Å². The van der Waals surface area contributed by atoms with Gasteiger partial charge in [0.1, 0.15) is 0 Å². The summed E-state index contributed by atoms with van der Waals surface area (Å²) in [6.45, 7) is 5.11. The molecule has 1 rings (SSSR count). The number of aromatic amines is 1. The fourth-order valence-electron chi connectivity index (χ4n) is 0.814. The molecular formula is C7H12N2. The Bertz CT molecular complexity index is 179. The van der Waals surface area contributed by atoms with Crippen molar-refractivity contribution in [1.29, 1.82) is 0 Å². The molecule has 2 heteroatoms. The molecule has 0 atom stereocenters. The fourth-order valence-corrected chi connectivity index (χ4v) is 0.814. The lowest BCUT2D eigenvalue weighted by molar-refractivity contribution is 1.21. The highest BCUT2D eigenvalue weighted by Crippen LogP contribution is 2.06. The first-order valence-electron chi connectivity index (χ1n) is 3.22. The van der Waals surface area contributed by atoms with Crippen LogP contribution in [0.3, 0.4) is 0 Å². The smallest absolute Gasteiger partial charge is 0.0520 e. The van der Waals surface area contributed by atoms with E-state index in [1.807, 2.05) is 13.1 Å². The Morgan fingerprint density at radius 2 is 2.44 bits per heavy atom. The maximum atomic E-state index is 3.20. The van der Waals surface area contributed by atoms with Gasteiger partial charge in [0.15, 0.2) is 0 Å². The Labute approximate surface area is 55.3 Å². The van der Waals surface area contributed by atoms with Gasteiger partial charge in [-0.3, -0.25) is 0 Å². The third kappa shape index (κ3) is 1.49. The maximum Gasteiger partial charge on any atom is 0.0520 e. The molecule has 1 aromatic heterocycles. The first-order valence-corrected chi connectivity index (χ1v) is 3.22. The molecule has 0 saturated heterocycles. The zero-order chi connectivity index (χ0) is 6.69. The van der Waals surface area contributed by atoms with Crippen LogP contribution in [0.25, 0.3) is 0 Å². The average Bonchev–Trinajstić information content (AvgIpc) is 2.17. The van der Waals surface area contributed by atoms with E-state index < -0.39 is 0 Å². The highest BCUT2D eigenvalue weighted by Gasteiger charge is 1.89. The van der Waals surface area contributed by atoms with E-state index in [9.17, 15) is 0 Å². The van der Waals surface area contributed by atoms with E-state index in [-0.39, 0.29) is 0 Å². The molecule has 2 nitrogen and oxygen atoms in total. The molecule has 0 radical (unpaired) electrons. The Morgan fingerprint density at radius 1 is 1.67 bits per heavy atom. The first-order chi connectivity index (χ1) is 4.33. The van der Waals surface area contributed by atoms with Crippen LogP contribution in [-0.4, -0.2) is 11.5 Å². The van der Waals surface area contributed by atoms with Gasteiger partial charge < -0.3 is 10.3 Å². The maximum absolute atomic E-state index is 3.20. The molecule has 0 fully saturated rings. The van der Waals surface area contributed by atoms with Gasteiger partial charge in [-0.2, -0.15) is 0 Å². The van der Waals surface area contributed by atoms with Gasteiger partial charge in [-0.25, -0.2) is 0 Å². The van der Waals surface area contributed by atoms with E-state index >= 15 is 0 Å². The van der Waals surface area contributed by atoms with E-state index in [2.05, 4.69) is 23.3 Å². The van der Waals surface area contributed by atoms with Crippen molar-refractivity contribution < 1.29 is 0 Å². The van der Waals surface area contributed by atoms with Gasteiger partial charge in [0, 0.05) is 18.4 Å². The SMILES string of the molecule is CCNc1c[nH]c(C)c1. The minimum Gasteiger partial charge on any atom is -0.384 e. The molecule has 0 aliphatic heterocycles. The van der Waals surface area contributed by atoms with Crippen molar-refractivity contribution in [2.45, 2.75) is 13.8 Å². The predicted octanol–water partition coefficient (Wildman–Crippen LogP) is 1.75. The first kappa shape index (κ1) is 6.20. The molecule has 9 heavy (non-hydrogen) atoms. The van der Waals surface area contributed by atoms with Gasteiger partial charge in [0.2, 0.25) is 0 Å². The van der Waals surface area contributed by atoms with Crippen LogP contribution in [0.15, 0.2) is 12.3 Å². The summed E-state index contributed by atoms with van der Waals surface area (Å²) >= 11 is 0. The van der Waals surface area contributed by atoms with Crippen LogP contribution >= 0.6 is 0 Å². The molecule has 1 heterocycles.